The molecule has 0 spiro atoms. The van der Waals surface area contributed by atoms with Gasteiger partial charge in [0.1, 0.15) is 5.75 Å². The zero-order valence-electron chi connectivity index (χ0n) is 5.92. The van der Waals surface area contributed by atoms with E-state index in [0.717, 1.165) is 0 Å². The lowest BCUT2D eigenvalue weighted by molar-refractivity contribution is -0.0498. The van der Waals surface area contributed by atoms with Crippen molar-refractivity contribution in [3.63, 3.8) is 0 Å². The van der Waals surface area contributed by atoms with E-state index in [1.807, 2.05) is 0 Å². The highest BCUT2D eigenvalue weighted by atomic mass is 19.3. The minimum Gasteiger partial charge on any atom is -0.435 e. The van der Waals surface area contributed by atoms with Crippen molar-refractivity contribution in [3.05, 3.63) is 29.8 Å². The van der Waals surface area contributed by atoms with E-state index < -0.39 is 6.61 Å². The Kier molecular flexibility index (Phi) is 2.59. The number of nitriles is 1. The number of benzene rings is 1. The molecule has 1 rings (SSSR count). The molecule has 0 aliphatic heterocycles. The van der Waals surface area contributed by atoms with Gasteiger partial charge in [-0.15, -0.1) is 0 Å². The quantitative estimate of drug-likeness (QED) is 0.676. The molecule has 4 heteroatoms. The molecular formula is C8H4F2NO. The fourth-order valence-corrected chi connectivity index (χ4v) is 0.686. The van der Waals surface area contributed by atoms with Crippen LogP contribution in [-0.4, -0.2) is 6.61 Å². The van der Waals surface area contributed by atoms with Crippen LogP contribution in [0.1, 0.15) is 5.56 Å². The van der Waals surface area contributed by atoms with Gasteiger partial charge < -0.3 is 4.74 Å². The first-order chi connectivity index (χ1) is 5.72. The molecule has 0 aliphatic rings. The Labute approximate surface area is 68.0 Å². The zero-order valence-corrected chi connectivity index (χ0v) is 5.92. The summed E-state index contributed by atoms with van der Waals surface area (Å²) in [6.07, 6.45) is 0. The third-order valence-corrected chi connectivity index (χ3v) is 1.12. The highest BCUT2D eigenvalue weighted by molar-refractivity contribution is 5.35. The van der Waals surface area contributed by atoms with Gasteiger partial charge in [-0.05, 0) is 24.3 Å². The van der Waals surface area contributed by atoms with Crippen LogP contribution in [0.15, 0.2) is 18.2 Å². The summed E-state index contributed by atoms with van der Waals surface area (Å²) in [6, 6.07) is 8.14. The molecule has 1 aromatic carbocycles. The lowest BCUT2D eigenvalue weighted by Crippen LogP contribution is -2.01. The second-order valence-corrected chi connectivity index (χ2v) is 1.95. The van der Waals surface area contributed by atoms with E-state index in [4.69, 9.17) is 5.26 Å². The van der Waals surface area contributed by atoms with Gasteiger partial charge >= 0.3 is 6.61 Å². The maximum atomic E-state index is 11.6. The smallest absolute Gasteiger partial charge is 0.387 e. The molecule has 1 radical (unpaired) electrons. The molecule has 0 saturated heterocycles. The summed E-state index contributed by atoms with van der Waals surface area (Å²) in [6.45, 7) is -2.87. The van der Waals surface area contributed by atoms with Crippen LogP contribution in [-0.2, 0) is 0 Å². The van der Waals surface area contributed by atoms with E-state index >= 15 is 0 Å². The van der Waals surface area contributed by atoms with Gasteiger partial charge in [0, 0.05) is 0 Å². The van der Waals surface area contributed by atoms with Gasteiger partial charge in [-0.2, -0.15) is 14.0 Å². The van der Waals surface area contributed by atoms with Crippen LogP contribution in [0.5, 0.6) is 5.75 Å². The lowest BCUT2D eigenvalue weighted by atomic mass is 10.2. The molecule has 0 N–H and O–H groups in total. The van der Waals surface area contributed by atoms with Crippen LogP contribution < -0.4 is 4.74 Å². The first-order valence-electron chi connectivity index (χ1n) is 3.08. The van der Waals surface area contributed by atoms with Crippen LogP contribution in [0.4, 0.5) is 8.78 Å². The molecule has 0 amide bonds. The molecule has 0 bridgehead atoms. The molecule has 0 fully saturated rings. The second-order valence-electron chi connectivity index (χ2n) is 1.95. The molecule has 0 atom stereocenters. The predicted molar refractivity (Wildman–Crippen MR) is 36.6 cm³/mol. The molecule has 0 unspecified atom stereocenters. The maximum Gasteiger partial charge on any atom is 0.387 e. The van der Waals surface area contributed by atoms with Crippen LogP contribution in [0, 0.1) is 17.4 Å². The SMILES string of the molecule is N#Cc1c[c]cc(OC(F)F)c1. The Hall–Kier alpha value is -1.63. The Balaban J connectivity index is 2.81. The van der Waals surface area contributed by atoms with Crippen molar-refractivity contribution in [3.8, 4) is 11.8 Å². The summed E-state index contributed by atoms with van der Waals surface area (Å²) in [7, 11) is 0. The number of hydrogen-bond acceptors (Lipinski definition) is 2. The van der Waals surface area contributed by atoms with Crippen LogP contribution in [0.25, 0.3) is 0 Å². The largest absolute Gasteiger partial charge is 0.435 e. The van der Waals surface area contributed by atoms with Crippen molar-refractivity contribution < 1.29 is 13.5 Å². The Morgan fingerprint density at radius 1 is 1.50 bits per heavy atom. The molecule has 1 aromatic rings. The number of ether oxygens (including phenoxy) is 1. The summed E-state index contributed by atoms with van der Waals surface area (Å²) >= 11 is 0. The normalized spacial score (nSPS) is 9.50. The highest BCUT2D eigenvalue weighted by Gasteiger charge is 2.03. The fourth-order valence-electron chi connectivity index (χ4n) is 0.686. The van der Waals surface area contributed by atoms with Crippen molar-refractivity contribution in [1.82, 2.24) is 0 Å². The second kappa shape index (κ2) is 3.67. The molecule has 0 saturated carbocycles. The number of alkyl halides is 2. The summed E-state index contributed by atoms with van der Waals surface area (Å²) < 4.78 is 27.3. The monoisotopic (exact) mass is 168 g/mol. The van der Waals surface area contributed by atoms with Crippen molar-refractivity contribution in [1.29, 1.82) is 5.26 Å². The molecular weight excluding hydrogens is 164 g/mol. The Bertz CT molecular complexity index is 306. The maximum absolute atomic E-state index is 11.6. The minimum absolute atomic E-state index is 0.0518. The van der Waals surface area contributed by atoms with Crippen LogP contribution >= 0.6 is 0 Å². The van der Waals surface area contributed by atoms with Gasteiger partial charge in [0.25, 0.3) is 0 Å². The molecule has 2 nitrogen and oxygen atoms in total. The Morgan fingerprint density at radius 3 is 2.83 bits per heavy atom. The van der Waals surface area contributed by atoms with Gasteiger partial charge in [0.15, 0.2) is 0 Å². The van der Waals surface area contributed by atoms with E-state index in [-0.39, 0.29) is 11.3 Å². The lowest BCUT2D eigenvalue weighted by Gasteiger charge is -2.02. The predicted octanol–water partition coefficient (Wildman–Crippen LogP) is 1.96. The molecule has 0 heterocycles. The molecule has 0 aromatic heterocycles. The van der Waals surface area contributed by atoms with Gasteiger partial charge in [-0.1, -0.05) is 0 Å². The van der Waals surface area contributed by atoms with E-state index in [2.05, 4.69) is 10.8 Å². The Morgan fingerprint density at radius 2 is 2.25 bits per heavy atom. The minimum atomic E-state index is -2.87. The van der Waals surface area contributed by atoms with E-state index in [0.29, 0.717) is 0 Å². The highest BCUT2D eigenvalue weighted by Crippen LogP contribution is 2.14. The number of nitrogens with zero attached hydrogens (tertiary/aromatic N) is 1. The number of hydrogen-bond donors (Lipinski definition) is 0. The van der Waals surface area contributed by atoms with E-state index in [1.165, 1.54) is 18.2 Å². The molecule has 61 valence electrons. The summed E-state index contributed by atoms with van der Waals surface area (Å²) in [5.41, 5.74) is 0.244. The van der Waals surface area contributed by atoms with E-state index in [1.54, 1.807) is 6.07 Å². The summed E-state index contributed by atoms with van der Waals surface area (Å²) in [5.74, 6) is -0.0518. The van der Waals surface area contributed by atoms with Gasteiger partial charge in [-0.3, -0.25) is 0 Å². The average molecular weight is 168 g/mol. The van der Waals surface area contributed by atoms with Crippen molar-refractivity contribution in [2.24, 2.45) is 0 Å². The average Bonchev–Trinajstić information content (AvgIpc) is 2.03. The fraction of sp³-hybridized carbons (Fsp3) is 0.125. The van der Waals surface area contributed by atoms with Crippen molar-refractivity contribution >= 4 is 0 Å². The zero-order chi connectivity index (χ0) is 8.97. The van der Waals surface area contributed by atoms with Crippen LogP contribution in [0.3, 0.4) is 0 Å². The topological polar surface area (TPSA) is 33.0 Å². The summed E-state index contributed by atoms with van der Waals surface area (Å²) in [4.78, 5) is 0. The third kappa shape index (κ3) is 2.20. The first-order valence-corrected chi connectivity index (χ1v) is 3.08. The number of halogens is 2. The van der Waals surface area contributed by atoms with Gasteiger partial charge in [-0.25, -0.2) is 0 Å². The number of rotatable bonds is 2. The van der Waals surface area contributed by atoms with E-state index in [9.17, 15) is 8.78 Å². The molecule has 0 aliphatic carbocycles. The first kappa shape index (κ1) is 8.47. The molecule has 12 heavy (non-hydrogen) atoms. The van der Waals surface area contributed by atoms with Crippen LogP contribution in [0.2, 0.25) is 0 Å². The standard InChI is InChI=1S/C8H4F2NO/c9-8(10)12-7-3-1-2-6(4-7)5-11/h2-4,8H. The van der Waals surface area contributed by atoms with Crippen molar-refractivity contribution in [2.45, 2.75) is 6.61 Å². The van der Waals surface area contributed by atoms with Crippen molar-refractivity contribution in [2.75, 3.05) is 0 Å². The summed E-state index contributed by atoms with van der Waals surface area (Å²) in [5, 5.41) is 8.38. The third-order valence-electron chi connectivity index (χ3n) is 1.12. The van der Waals surface area contributed by atoms with Gasteiger partial charge in [0.05, 0.1) is 11.6 Å². The van der Waals surface area contributed by atoms with Gasteiger partial charge in [0.2, 0.25) is 0 Å².